The van der Waals surface area contributed by atoms with Gasteiger partial charge in [0.2, 0.25) is 0 Å². The first-order chi connectivity index (χ1) is 8.95. The van der Waals surface area contributed by atoms with Gasteiger partial charge in [-0.2, -0.15) is 0 Å². The number of carboxylic acids is 1. The van der Waals surface area contributed by atoms with Crippen LogP contribution in [0.1, 0.15) is 17.2 Å². The van der Waals surface area contributed by atoms with Gasteiger partial charge in [-0.15, -0.1) is 0 Å². The van der Waals surface area contributed by atoms with Gasteiger partial charge >= 0.3 is 5.97 Å². The van der Waals surface area contributed by atoms with E-state index in [0.29, 0.717) is 5.56 Å². The van der Waals surface area contributed by atoms with Gasteiger partial charge in [0.15, 0.2) is 0 Å². The highest BCUT2D eigenvalue weighted by Crippen LogP contribution is 2.20. The van der Waals surface area contributed by atoms with Crippen LogP contribution in [-0.2, 0) is 4.79 Å². The number of carbonyl (C=O) groups is 1. The Labute approximate surface area is 110 Å². The van der Waals surface area contributed by atoms with Crippen molar-refractivity contribution < 1.29 is 24.5 Å². The highest BCUT2D eigenvalue weighted by molar-refractivity contribution is 5.85. The van der Waals surface area contributed by atoms with E-state index >= 15 is 0 Å². The number of hydrogen-bond donors (Lipinski definition) is 4. The number of aliphatic hydroxyl groups excluding tert-OH is 2. The zero-order valence-electron chi connectivity index (χ0n) is 10.4. The summed E-state index contributed by atoms with van der Waals surface area (Å²) >= 11 is 0. The second kappa shape index (κ2) is 6.98. The second-order valence-corrected chi connectivity index (χ2v) is 4.02. The van der Waals surface area contributed by atoms with Gasteiger partial charge in [0.25, 0.3) is 0 Å². The number of benzene rings is 1. The molecule has 0 aliphatic heterocycles. The fourth-order valence-electron chi connectivity index (χ4n) is 1.58. The molecule has 0 aromatic heterocycles. The molecule has 0 radical (unpaired) electrons. The predicted octanol–water partition coefficient (Wildman–Crippen LogP) is 0.537. The monoisotopic (exact) mass is 269 g/mol. The minimum Gasteiger partial charge on any atom is -0.478 e. The quantitative estimate of drug-likeness (QED) is 0.566. The van der Waals surface area contributed by atoms with Crippen LogP contribution in [0.4, 0.5) is 4.39 Å². The molecule has 0 heterocycles. The Morgan fingerprint density at radius 2 is 2.16 bits per heavy atom. The van der Waals surface area contributed by atoms with Crippen LogP contribution in [0.2, 0.25) is 0 Å². The zero-order valence-corrected chi connectivity index (χ0v) is 10.4. The van der Waals surface area contributed by atoms with E-state index in [2.05, 4.69) is 5.32 Å². The first kappa shape index (κ1) is 15.3. The van der Waals surface area contributed by atoms with E-state index in [1.807, 2.05) is 0 Å². The SMILES string of the molecule is CNCC(O)C(O)c1ccc(F)c(/C=C/C(=O)O)c1. The number of likely N-dealkylation sites (N-methyl/N-ethyl adjacent to an activating group) is 1. The van der Waals surface area contributed by atoms with E-state index in [9.17, 15) is 19.4 Å². The van der Waals surface area contributed by atoms with Gasteiger partial charge in [0.05, 0.1) is 6.10 Å². The van der Waals surface area contributed by atoms with Crippen LogP contribution >= 0.6 is 0 Å². The lowest BCUT2D eigenvalue weighted by Crippen LogP contribution is -2.29. The molecule has 5 nitrogen and oxygen atoms in total. The molecule has 19 heavy (non-hydrogen) atoms. The van der Waals surface area contributed by atoms with Gasteiger partial charge in [-0.25, -0.2) is 9.18 Å². The zero-order chi connectivity index (χ0) is 14.4. The topological polar surface area (TPSA) is 89.8 Å². The Hall–Kier alpha value is -1.76. The molecule has 1 aromatic rings. The third-order valence-corrected chi connectivity index (χ3v) is 2.54. The van der Waals surface area contributed by atoms with Crippen molar-refractivity contribution in [2.24, 2.45) is 0 Å². The molecule has 1 rings (SSSR count). The fraction of sp³-hybridized carbons (Fsp3) is 0.308. The van der Waals surface area contributed by atoms with Crippen molar-refractivity contribution in [3.63, 3.8) is 0 Å². The van der Waals surface area contributed by atoms with Crippen molar-refractivity contribution in [2.45, 2.75) is 12.2 Å². The highest BCUT2D eigenvalue weighted by atomic mass is 19.1. The number of aliphatic carboxylic acids is 1. The first-order valence-electron chi connectivity index (χ1n) is 5.67. The normalized spacial score (nSPS) is 14.5. The van der Waals surface area contributed by atoms with Gasteiger partial charge in [-0.3, -0.25) is 0 Å². The lowest BCUT2D eigenvalue weighted by Gasteiger charge is -2.18. The molecule has 0 aliphatic rings. The average Bonchev–Trinajstić information content (AvgIpc) is 2.37. The Bertz CT molecular complexity index is 476. The number of hydrogen-bond acceptors (Lipinski definition) is 4. The summed E-state index contributed by atoms with van der Waals surface area (Å²) in [5.74, 6) is -1.79. The van der Waals surface area contributed by atoms with Crippen LogP contribution in [-0.4, -0.2) is 41.0 Å². The Morgan fingerprint density at radius 1 is 1.47 bits per heavy atom. The van der Waals surface area contributed by atoms with E-state index in [0.717, 1.165) is 18.2 Å². The van der Waals surface area contributed by atoms with Gasteiger partial charge in [0, 0.05) is 18.2 Å². The molecule has 2 unspecified atom stereocenters. The van der Waals surface area contributed by atoms with Crippen LogP contribution in [0, 0.1) is 5.82 Å². The van der Waals surface area contributed by atoms with Crippen LogP contribution in [0.5, 0.6) is 0 Å². The van der Waals surface area contributed by atoms with Gasteiger partial charge in [-0.05, 0) is 30.8 Å². The maximum atomic E-state index is 13.4. The third-order valence-electron chi connectivity index (χ3n) is 2.54. The molecule has 0 saturated heterocycles. The molecule has 2 atom stereocenters. The largest absolute Gasteiger partial charge is 0.478 e. The Balaban J connectivity index is 2.98. The van der Waals surface area contributed by atoms with Crippen molar-refractivity contribution in [3.05, 3.63) is 41.2 Å². The summed E-state index contributed by atoms with van der Waals surface area (Å²) in [6, 6.07) is 3.77. The number of carboxylic acid groups (broad SMARTS) is 1. The van der Waals surface area contributed by atoms with E-state index in [-0.39, 0.29) is 12.1 Å². The maximum Gasteiger partial charge on any atom is 0.328 e. The third kappa shape index (κ3) is 4.44. The lowest BCUT2D eigenvalue weighted by molar-refractivity contribution is -0.131. The Kier molecular flexibility index (Phi) is 5.62. The van der Waals surface area contributed by atoms with Crippen molar-refractivity contribution in [3.8, 4) is 0 Å². The predicted molar refractivity (Wildman–Crippen MR) is 68.0 cm³/mol. The molecule has 0 spiro atoms. The minimum absolute atomic E-state index is 0.0376. The Morgan fingerprint density at radius 3 is 2.74 bits per heavy atom. The van der Waals surface area contributed by atoms with Crippen molar-refractivity contribution >= 4 is 12.0 Å². The van der Waals surface area contributed by atoms with Crippen molar-refractivity contribution in [1.29, 1.82) is 0 Å². The second-order valence-electron chi connectivity index (χ2n) is 4.02. The average molecular weight is 269 g/mol. The van der Waals surface area contributed by atoms with Crippen molar-refractivity contribution in [2.75, 3.05) is 13.6 Å². The van der Waals surface area contributed by atoms with Crippen LogP contribution in [0.25, 0.3) is 6.08 Å². The molecule has 0 saturated carbocycles. The van der Waals surface area contributed by atoms with E-state index in [1.54, 1.807) is 7.05 Å². The summed E-state index contributed by atoms with van der Waals surface area (Å²) in [6.07, 6.45) is -0.312. The molecule has 104 valence electrons. The molecular weight excluding hydrogens is 253 g/mol. The smallest absolute Gasteiger partial charge is 0.328 e. The molecule has 0 aliphatic carbocycles. The summed E-state index contributed by atoms with van der Waals surface area (Å²) in [7, 11) is 1.63. The van der Waals surface area contributed by atoms with E-state index < -0.39 is 24.0 Å². The van der Waals surface area contributed by atoms with Crippen LogP contribution < -0.4 is 5.32 Å². The maximum absolute atomic E-state index is 13.4. The van der Waals surface area contributed by atoms with E-state index in [4.69, 9.17) is 5.11 Å². The molecule has 1 aromatic carbocycles. The van der Waals surface area contributed by atoms with Crippen LogP contribution in [0.15, 0.2) is 24.3 Å². The molecule has 4 N–H and O–H groups in total. The molecule has 0 fully saturated rings. The minimum atomic E-state index is -1.19. The summed E-state index contributed by atoms with van der Waals surface area (Å²) in [4.78, 5) is 10.4. The van der Waals surface area contributed by atoms with Crippen molar-refractivity contribution in [1.82, 2.24) is 5.32 Å². The first-order valence-corrected chi connectivity index (χ1v) is 5.67. The number of aliphatic hydroxyl groups is 2. The molecule has 0 bridgehead atoms. The summed E-state index contributed by atoms with van der Waals surface area (Å²) < 4.78 is 13.4. The molecule has 6 heteroatoms. The summed E-state index contributed by atoms with van der Waals surface area (Å²) in [6.45, 7) is 0.179. The fourth-order valence-corrected chi connectivity index (χ4v) is 1.58. The number of halogens is 1. The molecule has 0 amide bonds. The lowest BCUT2D eigenvalue weighted by atomic mass is 10.0. The standard InChI is InChI=1S/C13H16FNO4/c1-15-7-11(16)13(19)9-2-4-10(14)8(6-9)3-5-12(17)18/h2-6,11,13,15-16,19H,7H2,1H3,(H,17,18)/b5-3+. The van der Waals surface area contributed by atoms with Gasteiger partial charge < -0.3 is 20.6 Å². The van der Waals surface area contributed by atoms with Gasteiger partial charge in [0.1, 0.15) is 11.9 Å². The summed E-state index contributed by atoms with van der Waals surface area (Å²) in [5, 5.41) is 30.7. The number of rotatable bonds is 6. The number of nitrogens with one attached hydrogen (secondary N) is 1. The van der Waals surface area contributed by atoms with Gasteiger partial charge in [-0.1, -0.05) is 6.07 Å². The highest BCUT2D eigenvalue weighted by Gasteiger charge is 2.18. The molecular formula is C13H16FNO4. The summed E-state index contributed by atoms with van der Waals surface area (Å²) in [5.41, 5.74) is 0.352. The van der Waals surface area contributed by atoms with Crippen LogP contribution in [0.3, 0.4) is 0 Å². The van der Waals surface area contributed by atoms with E-state index in [1.165, 1.54) is 12.1 Å².